The van der Waals surface area contributed by atoms with Crippen molar-refractivity contribution in [3.63, 3.8) is 0 Å². The summed E-state index contributed by atoms with van der Waals surface area (Å²) in [6, 6.07) is 10.6. The van der Waals surface area contributed by atoms with Gasteiger partial charge in [0.15, 0.2) is 0 Å². The maximum Gasteiger partial charge on any atom is 0.278 e. The van der Waals surface area contributed by atoms with Crippen LogP contribution in [0.1, 0.15) is 38.2 Å². The number of aromatic amines is 1. The van der Waals surface area contributed by atoms with Crippen molar-refractivity contribution in [1.82, 2.24) is 20.1 Å². The topological polar surface area (TPSA) is 87.5 Å². The number of allylic oxidation sites excluding steroid dienone is 2. The van der Waals surface area contributed by atoms with Crippen LogP contribution in [0.2, 0.25) is 0 Å². The van der Waals surface area contributed by atoms with Gasteiger partial charge in [-0.1, -0.05) is 18.2 Å². The first-order valence-corrected chi connectivity index (χ1v) is 11.1. The summed E-state index contributed by atoms with van der Waals surface area (Å²) in [6.45, 7) is 4.75. The first-order valence-electron chi connectivity index (χ1n) is 11.1. The van der Waals surface area contributed by atoms with Crippen LogP contribution in [-0.4, -0.2) is 52.3 Å². The molecule has 5 rings (SSSR count). The van der Waals surface area contributed by atoms with E-state index in [4.69, 9.17) is 0 Å². The molecule has 0 radical (unpaired) electrons. The van der Waals surface area contributed by atoms with Crippen LogP contribution in [-0.2, 0) is 11.3 Å². The molecule has 1 atom stereocenters. The van der Waals surface area contributed by atoms with Crippen LogP contribution in [0, 0.1) is 16.7 Å². The molecule has 0 saturated carbocycles. The molecule has 31 heavy (non-hydrogen) atoms. The van der Waals surface area contributed by atoms with Gasteiger partial charge in [0.1, 0.15) is 6.07 Å². The van der Waals surface area contributed by atoms with E-state index in [1.54, 1.807) is 6.21 Å². The molecule has 0 aliphatic carbocycles. The molecule has 2 aromatic rings. The van der Waals surface area contributed by atoms with Gasteiger partial charge in [0, 0.05) is 55.2 Å². The van der Waals surface area contributed by atoms with Crippen LogP contribution < -0.4 is 5.32 Å². The number of carbonyl (C=O) groups is 1. The van der Waals surface area contributed by atoms with Gasteiger partial charge in [-0.3, -0.25) is 4.79 Å². The van der Waals surface area contributed by atoms with E-state index >= 15 is 0 Å². The number of hydrogen-bond acceptors (Lipinski definition) is 5. The molecule has 2 fully saturated rings. The Labute approximate surface area is 182 Å². The van der Waals surface area contributed by atoms with Crippen LogP contribution in [0.3, 0.4) is 0 Å². The lowest BCUT2D eigenvalue weighted by Crippen LogP contribution is -2.62. The lowest BCUT2D eigenvalue weighted by molar-refractivity contribution is -0.151. The number of nitrogens with one attached hydrogen (secondary N) is 2. The number of piperidine rings is 2. The molecule has 1 spiro atoms. The van der Waals surface area contributed by atoms with E-state index in [2.05, 4.69) is 38.4 Å². The molecular formula is C24H28N6O. The highest BCUT2D eigenvalue weighted by Gasteiger charge is 2.49. The standard InChI is InChI=1S/C24H28N6O/c1-18-7-11-27-24(17-25,28-18)30-13-9-23(10-14-30)8-4-12-29(22(23)31)16-19-15-26-21-6-3-2-5-20(19)21/h2-3,5-7,11,15,26,28H,4,8-10,12-14,16H2,1H3. The summed E-state index contributed by atoms with van der Waals surface area (Å²) in [5, 5.41) is 14.3. The highest BCUT2D eigenvalue weighted by molar-refractivity contribution is 5.86. The highest BCUT2D eigenvalue weighted by Crippen LogP contribution is 2.43. The van der Waals surface area contributed by atoms with Gasteiger partial charge in [-0.05, 0) is 50.3 Å². The first kappa shape index (κ1) is 19.8. The monoisotopic (exact) mass is 416 g/mol. The number of para-hydroxylation sites is 1. The normalized spacial score (nSPS) is 26.0. The minimum absolute atomic E-state index is 0.269. The maximum absolute atomic E-state index is 13.6. The zero-order chi connectivity index (χ0) is 21.5. The van der Waals surface area contributed by atoms with E-state index < -0.39 is 5.79 Å². The van der Waals surface area contributed by atoms with Crippen molar-refractivity contribution < 1.29 is 4.79 Å². The summed E-state index contributed by atoms with van der Waals surface area (Å²) in [5.74, 6) is -0.784. The number of nitrogens with zero attached hydrogens (tertiary/aromatic N) is 4. The van der Waals surface area contributed by atoms with Crippen LogP contribution in [0.4, 0.5) is 0 Å². The number of likely N-dealkylation sites (tertiary alicyclic amines) is 2. The molecule has 3 aliphatic heterocycles. The van der Waals surface area contributed by atoms with E-state index in [1.165, 1.54) is 10.9 Å². The summed E-state index contributed by atoms with van der Waals surface area (Å²) in [4.78, 5) is 25.5. The van der Waals surface area contributed by atoms with Gasteiger partial charge in [0.2, 0.25) is 5.91 Å². The van der Waals surface area contributed by atoms with Crippen molar-refractivity contribution in [2.45, 2.75) is 44.9 Å². The molecule has 7 heteroatoms. The van der Waals surface area contributed by atoms with Crippen LogP contribution in [0.15, 0.2) is 47.2 Å². The third-order valence-electron chi connectivity index (χ3n) is 7.15. The van der Waals surface area contributed by atoms with Crippen molar-refractivity contribution >= 4 is 23.0 Å². The van der Waals surface area contributed by atoms with E-state index in [0.717, 1.165) is 43.4 Å². The Morgan fingerprint density at radius 2 is 2.00 bits per heavy atom. The Morgan fingerprint density at radius 3 is 2.77 bits per heavy atom. The zero-order valence-corrected chi connectivity index (χ0v) is 17.9. The predicted octanol–water partition coefficient (Wildman–Crippen LogP) is 3.13. The van der Waals surface area contributed by atoms with E-state index in [-0.39, 0.29) is 11.3 Å². The van der Waals surface area contributed by atoms with Gasteiger partial charge in [0.05, 0.1) is 5.41 Å². The van der Waals surface area contributed by atoms with Crippen molar-refractivity contribution in [2.75, 3.05) is 19.6 Å². The van der Waals surface area contributed by atoms with Crippen LogP contribution in [0.5, 0.6) is 0 Å². The van der Waals surface area contributed by atoms with Crippen LogP contribution in [0.25, 0.3) is 10.9 Å². The molecule has 0 bridgehead atoms. The second-order valence-corrected chi connectivity index (χ2v) is 8.99. The summed E-state index contributed by atoms with van der Waals surface area (Å²) in [6.07, 6.45) is 9.08. The first-order chi connectivity index (χ1) is 15.1. The van der Waals surface area contributed by atoms with Gasteiger partial charge < -0.3 is 15.2 Å². The third-order valence-corrected chi connectivity index (χ3v) is 7.15. The Bertz CT molecular complexity index is 1100. The zero-order valence-electron chi connectivity index (χ0n) is 17.9. The number of aromatic nitrogens is 1. The summed E-state index contributed by atoms with van der Waals surface area (Å²) >= 11 is 0. The number of rotatable bonds is 3. The average molecular weight is 417 g/mol. The van der Waals surface area contributed by atoms with Gasteiger partial charge in [0.25, 0.3) is 5.79 Å². The lowest BCUT2D eigenvalue weighted by Gasteiger charge is -2.49. The molecule has 1 amide bonds. The van der Waals surface area contributed by atoms with E-state index in [9.17, 15) is 10.1 Å². The fourth-order valence-electron chi connectivity index (χ4n) is 5.39. The molecule has 160 valence electrons. The third kappa shape index (κ3) is 3.31. The summed E-state index contributed by atoms with van der Waals surface area (Å²) < 4.78 is 0. The number of amides is 1. The Morgan fingerprint density at radius 1 is 1.19 bits per heavy atom. The van der Waals surface area contributed by atoms with E-state index in [1.807, 2.05) is 36.2 Å². The van der Waals surface area contributed by atoms with Crippen LogP contribution >= 0.6 is 0 Å². The highest BCUT2D eigenvalue weighted by atomic mass is 16.2. The Kier molecular flexibility index (Phi) is 4.82. The fraction of sp³-hybridized carbons (Fsp3) is 0.458. The second kappa shape index (κ2) is 7.54. The number of nitriles is 1. The van der Waals surface area contributed by atoms with Gasteiger partial charge in [-0.25, -0.2) is 9.89 Å². The van der Waals surface area contributed by atoms with E-state index in [0.29, 0.717) is 19.6 Å². The average Bonchev–Trinajstić information content (AvgIpc) is 3.20. The molecular weight excluding hydrogens is 388 g/mol. The number of fused-ring (bicyclic) bond motifs is 1. The molecule has 1 unspecified atom stereocenters. The largest absolute Gasteiger partial charge is 0.361 e. The molecule has 7 nitrogen and oxygen atoms in total. The molecule has 3 aliphatic rings. The Hall–Kier alpha value is -3.11. The van der Waals surface area contributed by atoms with Crippen molar-refractivity contribution in [1.29, 1.82) is 5.26 Å². The van der Waals surface area contributed by atoms with Crippen molar-refractivity contribution in [3.05, 3.63) is 47.8 Å². The number of aliphatic imine (C=N–C) groups is 1. The number of carbonyl (C=O) groups excluding carboxylic acids is 1. The van der Waals surface area contributed by atoms with Gasteiger partial charge in [-0.15, -0.1) is 0 Å². The SMILES string of the molecule is CC1=CC=NC(C#N)(N2CCC3(CCCN(Cc4c[nH]c5ccccc45)C3=O)CC2)N1. The quantitative estimate of drug-likeness (QED) is 0.805. The predicted molar refractivity (Wildman–Crippen MR) is 120 cm³/mol. The summed E-state index contributed by atoms with van der Waals surface area (Å²) in [7, 11) is 0. The molecule has 2 N–H and O–H groups in total. The number of hydrogen-bond donors (Lipinski definition) is 2. The molecule has 1 aromatic carbocycles. The van der Waals surface area contributed by atoms with Gasteiger partial charge >= 0.3 is 0 Å². The smallest absolute Gasteiger partial charge is 0.278 e. The number of benzene rings is 1. The molecule has 4 heterocycles. The second-order valence-electron chi connectivity index (χ2n) is 8.99. The van der Waals surface area contributed by atoms with Crippen molar-refractivity contribution in [2.24, 2.45) is 10.4 Å². The van der Waals surface area contributed by atoms with Crippen molar-refractivity contribution in [3.8, 4) is 6.07 Å². The molecule has 2 saturated heterocycles. The molecule has 1 aromatic heterocycles. The van der Waals surface area contributed by atoms with Gasteiger partial charge in [-0.2, -0.15) is 5.26 Å². The maximum atomic E-state index is 13.6. The summed E-state index contributed by atoms with van der Waals surface area (Å²) in [5.41, 5.74) is 2.89. The minimum Gasteiger partial charge on any atom is -0.361 e. The fourth-order valence-corrected chi connectivity index (χ4v) is 5.39. The minimum atomic E-state index is -1.05. The lowest BCUT2D eigenvalue weighted by atomic mass is 9.71. The Balaban J connectivity index is 1.31. The number of H-pyrrole nitrogens is 1.